The van der Waals surface area contributed by atoms with Crippen molar-refractivity contribution in [3.63, 3.8) is 0 Å². The second-order valence-electron chi connectivity index (χ2n) is 5.04. The molecule has 0 aromatic heterocycles. The second-order valence-corrected chi connectivity index (χ2v) is 5.04. The Hall–Kier alpha value is -1.22. The quantitative estimate of drug-likeness (QED) is 0.812. The van der Waals surface area contributed by atoms with Crippen molar-refractivity contribution in [3.8, 4) is 5.75 Å². The van der Waals surface area contributed by atoms with Crippen LogP contribution in [0.4, 0.5) is 5.69 Å². The number of nitrogens with one attached hydrogen (secondary N) is 2. The topological polar surface area (TPSA) is 33.3 Å². The van der Waals surface area contributed by atoms with Gasteiger partial charge in [0.25, 0.3) is 0 Å². The highest BCUT2D eigenvalue weighted by molar-refractivity contribution is 5.48. The smallest absolute Gasteiger partial charge is 0.121 e. The summed E-state index contributed by atoms with van der Waals surface area (Å²) in [7, 11) is 0. The molecule has 0 saturated carbocycles. The third-order valence-electron chi connectivity index (χ3n) is 3.46. The van der Waals surface area contributed by atoms with Crippen molar-refractivity contribution in [1.82, 2.24) is 5.32 Å². The summed E-state index contributed by atoms with van der Waals surface area (Å²) in [4.78, 5) is 0. The summed E-state index contributed by atoms with van der Waals surface area (Å²) in [5, 5.41) is 6.96. The Bertz CT molecular complexity index is 361. The summed E-state index contributed by atoms with van der Waals surface area (Å²) in [6.07, 6.45) is 3.88. The Morgan fingerprint density at radius 1 is 1.50 bits per heavy atom. The Balaban J connectivity index is 1.86. The summed E-state index contributed by atoms with van der Waals surface area (Å²) in [6.45, 7) is 6.39. The van der Waals surface area contributed by atoms with Crippen molar-refractivity contribution < 1.29 is 4.74 Å². The van der Waals surface area contributed by atoms with Crippen LogP contribution >= 0.6 is 0 Å². The molecule has 1 aromatic carbocycles. The molecule has 3 nitrogen and oxygen atoms in total. The number of benzene rings is 1. The molecule has 2 atom stereocenters. The lowest BCUT2D eigenvalue weighted by atomic mass is 10.2. The molecule has 1 heterocycles. The number of hydrogen-bond acceptors (Lipinski definition) is 3. The zero-order valence-corrected chi connectivity index (χ0v) is 11.4. The molecule has 1 saturated heterocycles. The van der Waals surface area contributed by atoms with E-state index >= 15 is 0 Å². The molecule has 2 rings (SSSR count). The molecular formula is C15H24N2O. The molecule has 1 aliphatic rings. The van der Waals surface area contributed by atoms with Gasteiger partial charge in [0.15, 0.2) is 0 Å². The van der Waals surface area contributed by atoms with Crippen molar-refractivity contribution in [2.45, 2.75) is 45.3 Å². The Morgan fingerprint density at radius 2 is 2.39 bits per heavy atom. The van der Waals surface area contributed by atoms with Crippen molar-refractivity contribution in [2.24, 2.45) is 0 Å². The molecule has 3 heteroatoms. The van der Waals surface area contributed by atoms with Crippen LogP contribution < -0.4 is 15.4 Å². The molecule has 2 N–H and O–H groups in total. The minimum absolute atomic E-state index is 0.275. The number of rotatable bonds is 6. The van der Waals surface area contributed by atoms with Crippen LogP contribution in [0, 0.1) is 0 Å². The van der Waals surface area contributed by atoms with Gasteiger partial charge in [-0.05, 0) is 44.9 Å². The molecular weight excluding hydrogens is 224 g/mol. The first-order valence-electron chi connectivity index (χ1n) is 7.02. The summed E-state index contributed by atoms with van der Waals surface area (Å²) >= 11 is 0. The van der Waals surface area contributed by atoms with E-state index < -0.39 is 0 Å². The monoisotopic (exact) mass is 248 g/mol. The lowest BCUT2D eigenvalue weighted by Gasteiger charge is -2.15. The van der Waals surface area contributed by atoms with Crippen LogP contribution in [-0.4, -0.2) is 25.2 Å². The van der Waals surface area contributed by atoms with E-state index in [9.17, 15) is 0 Å². The van der Waals surface area contributed by atoms with Crippen LogP contribution in [0.15, 0.2) is 24.3 Å². The van der Waals surface area contributed by atoms with Crippen LogP contribution in [0.2, 0.25) is 0 Å². The van der Waals surface area contributed by atoms with Gasteiger partial charge in [0, 0.05) is 24.3 Å². The van der Waals surface area contributed by atoms with Gasteiger partial charge in [-0.3, -0.25) is 0 Å². The first-order valence-corrected chi connectivity index (χ1v) is 7.02. The first-order chi connectivity index (χ1) is 8.78. The van der Waals surface area contributed by atoms with E-state index in [0.717, 1.165) is 30.9 Å². The Kier molecular flexibility index (Phi) is 4.88. The predicted octanol–water partition coefficient (Wildman–Crippen LogP) is 3.03. The SMILES string of the molecule is CCC(C)Oc1cccc(NCC2CCCN2)c1. The lowest BCUT2D eigenvalue weighted by molar-refractivity contribution is 0.217. The summed E-state index contributed by atoms with van der Waals surface area (Å²) in [6, 6.07) is 8.86. The highest BCUT2D eigenvalue weighted by Gasteiger charge is 2.13. The van der Waals surface area contributed by atoms with Crippen molar-refractivity contribution in [1.29, 1.82) is 0 Å². The number of hydrogen-bond donors (Lipinski definition) is 2. The molecule has 0 aliphatic carbocycles. The van der Waals surface area contributed by atoms with E-state index in [1.807, 2.05) is 12.1 Å². The van der Waals surface area contributed by atoms with Gasteiger partial charge >= 0.3 is 0 Å². The zero-order valence-electron chi connectivity index (χ0n) is 11.4. The molecule has 0 radical (unpaired) electrons. The minimum atomic E-state index is 0.275. The number of anilines is 1. The highest BCUT2D eigenvalue weighted by Crippen LogP contribution is 2.19. The lowest BCUT2D eigenvalue weighted by Crippen LogP contribution is -2.29. The van der Waals surface area contributed by atoms with Crippen LogP contribution in [0.1, 0.15) is 33.1 Å². The Labute approximate surface area is 110 Å². The Morgan fingerprint density at radius 3 is 3.11 bits per heavy atom. The van der Waals surface area contributed by atoms with Crippen LogP contribution in [-0.2, 0) is 0 Å². The van der Waals surface area contributed by atoms with Crippen molar-refractivity contribution in [2.75, 3.05) is 18.4 Å². The van der Waals surface area contributed by atoms with E-state index in [0.29, 0.717) is 6.04 Å². The van der Waals surface area contributed by atoms with Gasteiger partial charge < -0.3 is 15.4 Å². The minimum Gasteiger partial charge on any atom is -0.491 e. The maximum atomic E-state index is 5.82. The van der Waals surface area contributed by atoms with Gasteiger partial charge in [0.2, 0.25) is 0 Å². The van der Waals surface area contributed by atoms with Gasteiger partial charge in [-0.2, -0.15) is 0 Å². The van der Waals surface area contributed by atoms with Crippen LogP contribution in [0.3, 0.4) is 0 Å². The molecule has 18 heavy (non-hydrogen) atoms. The summed E-state index contributed by atoms with van der Waals surface area (Å²) in [5.74, 6) is 0.953. The van der Waals surface area contributed by atoms with Gasteiger partial charge in [-0.15, -0.1) is 0 Å². The molecule has 1 aromatic rings. The van der Waals surface area contributed by atoms with E-state index in [2.05, 4.69) is 36.6 Å². The van der Waals surface area contributed by atoms with Crippen molar-refractivity contribution >= 4 is 5.69 Å². The van der Waals surface area contributed by atoms with Gasteiger partial charge in [-0.25, -0.2) is 0 Å². The van der Waals surface area contributed by atoms with Gasteiger partial charge in [0.1, 0.15) is 5.75 Å². The van der Waals surface area contributed by atoms with E-state index in [4.69, 9.17) is 4.74 Å². The molecule has 1 aliphatic heterocycles. The number of ether oxygens (including phenoxy) is 1. The van der Waals surface area contributed by atoms with E-state index in [1.54, 1.807) is 0 Å². The van der Waals surface area contributed by atoms with Crippen LogP contribution in [0.25, 0.3) is 0 Å². The predicted molar refractivity (Wildman–Crippen MR) is 76.3 cm³/mol. The van der Waals surface area contributed by atoms with Crippen molar-refractivity contribution in [3.05, 3.63) is 24.3 Å². The third kappa shape index (κ3) is 3.91. The largest absolute Gasteiger partial charge is 0.491 e. The van der Waals surface area contributed by atoms with E-state index in [1.165, 1.54) is 12.8 Å². The fourth-order valence-corrected chi connectivity index (χ4v) is 2.17. The highest BCUT2D eigenvalue weighted by atomic mass is 16.5. The molecule has 0 spiro atoms. The fraction of sp³-hybridized carbons (Fsp3) is 0.600. The first kappa shape index (κ1) is 13.2. The maximum absolute atomic E-state index is 5.82. The third-order valence-corrected chi connectivity index (χ3v) is 3.46. The maximum Gasteiger partial charge on any atom is 0.121 e. The standard InChI is InChI=1S/C15H24N2O/c1-3-12(2)18-15-8-4-6-13(10-15)17-11-14-7-5-9-16-14/h4,6,8,10,12,14,16-17H,3,5,7,9,11H2,1-2H3. The summed E-state index contributed by atoms with van der Waals surface area (Å²) < 4.78 is 5.82. The summed E-state index contributed by atoms with van der Waals surface area (Å²) in [5.41, 5.74) is 1.14. The molecule has 0 amide bonds. The van der Waals surface area contributed by atoms with Gasteiger partial charge in [0.05, 0.1) is 6.10 Å². The average molecular weight is 248 g/mol. The van der Waals surface area contributed by atoms with Gasteiger partial charge in [-0.1, -0.05) is 13.0 Å². The molecule has 0 bridgehead atoms. The average Bonchev–Trinajstić information content (AvgIpc) is 2.90. The fourth-order valence-electron chi connectivity index (χ4n) is 2.17. The van der Waals surface area contributed by atoms with Crippen LogP contribution in [0.5, 0.6) is 5.75 Å². The molecule has 100 valence electrons. The van der Waals surface area contributed by atoms with E-state index in [-0.39, 0.29) is 6.10 Å². The molecule has 1 fully saturated rings. The molecule has 2 unspecified atom stereocenters. The second kappa shape index (κ2) is 6.64. The zero-order chi connectivity index (χ0) is 12.8. The normalized spacial score (nSPS) is 20.7.